The third-order valence-corrected chi connectivity index (χ3v) is 4.69. The summed E-state index contributed by atoms with van der Waals surface area (Å²) in [5.74, 6) is 1.24. The molecule has 0 radical (unpaired) electrons. The first-order chi connectivity index (χ1) is 10.9. The molecule has 1 saturated heterocycles. The number of amides is 1. The summed E-state index contributed by atoms with van der Waals surface area (Å²) >= 11 is 0. The summed E-state index contributed by atoms with van der Waals surface area (Å²) in [6.07, 6.45) is 1.20. The molecule has 2 aromatic heterocycles. The average molecular weight is 314 g/mol. The van der Waals surface area contributed by atoms with Gasteiger partial charge in [0.2, 0.25) is 0 Å². The lowest BCUT2D eigenvalue weighted by Crippen LogP contribution is -2.42. The quantitative estimate of drug-likeness (QED) is 0.855. The molecule has 1 aliphatic rings. The van der Waals surface area contributed by atoms with E-state index in [2.05, 4.69) is 23.9 Å². The van der Waals surface area contributed by atoms with E-state index < -0.39 is 0 Å². The predicted molar refractivity (Wildman–Crippen MR) is 91.5 cm³/mol. The molecular formula is C18H26N4O. The summed E-state index contributed by atoms with van der Waals surface area (Å²) in [7, 11) is 0. The number of rotatable bonds is 2. The Kier molecular flexibility index (Phi) is 4.13. The highest BCUT2D eigenvalue weighted by molar-refractivity contribution is 6.06. The summed E-state index contributed by atoms with van der Waals surface area (Å²) < 4.78 is 1.88. The number of pyridine rings is 1. The fourth-order valence-electron chi connectivity index (χ4n) is 3.87. The van der Waals surface area contributed by atoms with Gasteiger partial charge in [0.1, 0.15) is 0 Å². The van der Waals surface area contributed by atoms with E-state index >= 15 is 0 Å². The molecule has 3 heterocycles. The number of hydrogen-bond acceptors (Lipinski definition) is 3. The molecule has 5 nitrogen and oxygen atoms in total. The lowest BCUT2D eigenvalue weighted by molar-refractivity contribution is 0.0625. The van der Waals surface area contributed by atoms with Gasteiger partial charge in [-0.3, -0.25) is 4.79 Å². The monoisotopic (exact) mass is 314 g/mol. The Morgan fingerprint density at radius 1 is 1.26 bits per heavy atom. The van der Waals surface area contributed by atoms with Crippen LogP contribution in [0.5, 0.6) is 0 Å². The standard InChI is InChI=1S/C18H26N4O/c1-6-22-17-16(14(5)20-22)15(8-13(4)19-17)18(23)21-9-11(2)7-12(3)10-21/h8,11-12H,6-7,9-10H2,1-5H3/t11-,12-/m0/s1. The fourth-order valence-corrected chi connectivity index (χ4v) is 3.87. The lowest BCUT2D eigenvalue weighted by Gasteiger charge is -2.35. The number of aryl methyl sites for hydroxylation is 3. The van der Waals surface area contributed by atoms with Gasteiger partial charge in [0.05, 0.1) is 16.6 Å². The minimum absolute atomic E-state index is 0.123. The van der Waals surface area contributed by atoms with E-state index in [9.17, 15) is 4.79 Å². The minimum atomic E-state index is 0.123. The van der Waals surface area contributed by atoms with Crippen LogP contribution in [0.25, 0.3) is 11.0 Å². The van der Waals surface area contributed by atoms with Crippen molar-refractivity contribution in [1.82, 2.24) is 19.7 Å². The molecule has 0 bridgehead atoms. The van der Waals surface area contributed by atoms with Crippen LogP contribution in [-0.2, 0) is 6.54 Å². The van der Waals surface area contributed by atoms with Gasteiger partial charge in [-0.15, -0.1) is 0 Å². The second-order valence-corrected chi connectivity index (χ2v) is 7.07. The number of fused-ring (bicyclic) bond motifs is 1. The van der Waals surface area contributed by atoms with Gasteiger partial charge in [-0.2, -0.15) is 5.10 Å². The average Bonchev–Trinajstić information content (AvgIpc) is 2.81. The van der Waals surface area contributed by atoms with Crippen molar-refractivity contribution in [3.8, 4) is 0 Å². The Morgan fingerprint density at radius 2 is 1.91 bits per heavy atom. The molecule has 1 aliphatic heterocycles. The van der Waals surface area contributed by atoms with Crippen LogP contribution in [0.15, 0.2) is 6.07 Å². The van der Waals surface area contributed by atoms with Crippen LogP contribution in [0.2, 0.25) is 0 Å². The predicted octanol–water partition coefficient (Wildman–Crippen LogP) is 3.19. The Hall–Kier alpha value is -1.91. The largest absolute Gasteiger partial charge is 0.338 e. The van der Waals surface area contributed by atoms with E-state index in [1.807, 2.05) is 36.4 Å². The molecule has 0 aliphatic carbocycles. The molecule has 3 rings (SSSR count). The van der Waals surface area contributed by atoms with Crippen molar-refractivity contribution in [1.29, 1.82) is 0 Å². The number of aromatic nitrogens is 3. The zero-order valence-corrected chi connectivity index (χ0v) is 14.8. The minimum Gasteiger partial charge on any atom is -0.338 e. The smallest absolute Gasteiger partial charge is 0.254 e. The normalized spacial score (nSPS) is 21.9. The van der Waals surface area contributed by atoms with E-state index in [0.717, 1.165) is 47.6 Å². The number of hydrogen-bond donors (Lipinski definition) is 0. The van der Waals surface area contributed by atoms with Gasteiger partial charge in [-0.1, -0.05) is 13.8 Å². The van der Waals surface area contributed by atoms with Crippen molar-refractivity contribution in [3.05, 3.63) is 23.0 Å². The Labute approximate surface area is 137 Å². The molecule has 1 fully saturated rings. The van der Waals surface area contributed by atoms with Gasteiger partial charge in [-0.05, 0) is 45.1 Å². The second kappa shape index (κ2) is 5.95. The van der Waals surface area contributed by atoms with Gasteiger partial charge < -0.3 is 4.90 Å². The van der Waals surface area contributed by atoms with Crippen LogP contribution in [0.3, 0.4) is 0 Å². The maximum Gasteiger partial charge on any atom is 0.254 e. The molecule has 0 N–H and O–H groups in total. The molecule has 23 heavy (non-hydrogen) atoms. The van der Waals surface area contributed by atoms with Gasteiger partial charge in [0.25, 0.3) is 5.91 Å². The van der Waals surface area contributed by atoms with Crippen molar-refractivity contribution >= 4 is 16.9 Å². The van der Waals surface area contributed by atoms with Gasteiger partial charge in [0.15, 0.2) is 5.65 Å². The number of likely N-dealkylation sites (tertiary alicyclic amines) is 1. The fraction of sp³-hybridized carbons (Fsp3) is 0.611. The van der Waals surface area contributed by atoms with Crippen LogP contribution >= 0.6 is 0 Å². The second-order valence-electron chi connectivity index (χ2n) is 7.07. The van der Waals surface area contributed by atoms with Gasteiger partial charge in [0, 0.05) is 25.3 Å². The summed E-state index contributed by atoms with van der Waals surface area (Å²) in [6.45, 7) is 12.8. The topological polar surface area (TPSA) is 51.0 Å². The van der Waals surface area contributed by atoms with Crippen molar-refractivity contribution in [2.75, 3.05) is 13.1 Å². The Bertz CT molecular complexity index is 739. The first-order valence-electron chi connectivity index (χ1n) is 8.54. The van der Waals surface area contributed by atoms with E-state index in [1.54, 1.807) is 0 Å². The van der Waals surface area contributed by atoms with Crippen molar-refractivity contribution in [2.45, 2.75) is 47.6 Å². The maximum atomic E-state index is 13.2. The highest BCUT2D eigenvalue weighted by Crippen LogP contribution is 2.27. The van der Waals surface area contributed by atoms with Crippen LogP contribution < -0.4 is 0 Å². The first-order valence-corrected chi connectivity index (χ1v) is 8.54. The lowest BCUT2D eigenvalue weighted by atomic mass is 9.91. The molecule has 1 amide bonds. The molecule has 0 spiro atoms. The summed E-state index contributed by atoms with van der Waals surface area (Å²) in [4.78, 5) is 19.8. The van der Waals surface area contributed by atoms with Crippen molar-refractivity contribution in [2.24, 2.45) is 11.8 Å². The van der Waals surface area contributed by atoms with Crippen molar-refractivity contribution < 1.29 is 4.79 Å². The molecule has 0 unspecified atom stereocenters. The van der Waals surface area contributed by atoms with Crippen molar-refractivity contribution in [3.63, 3.8) is 0 Å². The molecule has 2 aromatic rings. The maximum absolute atomic E-state index is 13.2. The van der Waals surface area contributed by atoms with Gasteiger partial charge >= 0.3 is 0 Å². The summed E-state index contributed by atoms with van der Waals surface area (Å²) in [6, 6.07) is 1.92. The zero-order chi connectivity index (χ0) is 16.7. The molecule has 2 atom stereocenters. The summed E-state index contributed by atoms with van der Waals surface area (Å²) in [5, 5.41) is 5.46. The Morgan fingerprint density at radius 3 is 2.52 bits per heavy atom. The number of carbonyl (C=O) groups is 1. The van der Waals surface area contributed by atoms with Crippen LogP contribution in [-0.4, -0.2) is 38.7 Å². The summed E-state index contributed by atoms with van der Waals surface area (Å²) in [5.41, 5.74) is 3.34. The SMILES string of the molecule is CCn1nc(C)c2c(C(=O)N3C[C@@H](C)C[C@H](C)C3)cc(C)nc21. The number of nitrogens with zero attached hydrogens (tertiary/aromatic N) is 4. The van der Waals surface area contributed by atoms with Crippen LogP contribution in [0, 0.1) is 25.7 Å². The molecule has 0 saturated carbocycles. The molecule has 5 heteroatoms. The molecular weight excluding hydrogens is 288 g/mol. The zero-order valence-electron chi connectivity index (χ0n) is 14.8. The highest BCUT2D eigenvalue weighted by Gasteiger charge is 2.28. The van der Waals surface area contributed by atoms with Gasteiger partial charge in [-0.25, -0.2) is 9.67 Å². The first kappa shape index (κ1) is 16.0. The van der Waals surface area contributed by atoms with E-state index in [-0.39, 0.29) is 5.91 Å². The molecule has 0 aromatic carbocycles. The molecule has 124 valence electrons. The van der Waals surface area contributed by atoms with E-state index in [1.165, 1.54) is 6.42 Å². The third kappa shape index (κ3) is 2.84. The van der Waals surface area contributed by atoms with E-state index in [4.69, 9.17) is 0 Å². The number of carbonyl (C=O) groups excluding carboxylic acids is 1. The third-order valence-electron chi connectivity index (χ3n) is 4.69. The Balaban J connectivity index is 2.08. The highest BCUT2D eigenvalue weighted by atomic mass is 16.2. The van der Waals surface area contributed by atoms with E-state index in [0.29, 0.717) is 11.8 Å². The van der Waals surface area contributed by atoms with Crippen LogP contribution in [0.1, 0.15) is 48.9 Å². The number of piperidine rings is 1. The van der Waals surface area contributed by atoms with Crippen LogP contribution in [0.4, 0.5) is 0 Å².